The van der Waals surface area contributed by atoms with Crippen LogP contribution in [-0.2, 0) is 11.3 Å². The van der Waals surface area contributed by atoms with Crippen LogP contribution in [0.4, 0.5) is 4.79 Å². The van der Waals surface area contributed by atoms with Crippen molar-refractivity contribution >= 4 is 6.09 Å². The minimum absolute atomic E-state index is 0.156. The molecule has 1 saturated heterocycles. The van der Waals surface area contributed by atoms with Crippen molar-refractivity contribution in [3.05, 3.63) is 35.9 Å². The maximum Gasteiger partial charge on any atom is 0.407 e. The second kappa shape index (κ2) is 7.14. The third-order valence-electron chi connectivity index (χ3n) is 4.46. The second-order valence-corrected chi connectivity index (χ2v) is 6.91. The van der Waals surface area contributed by atoms with Crippen LogP contribution in [0.15, 0.2) is 30.3 Å². The zero-order chi connectivity index (χ0) is 16.2. The number of carbonyl (C=O) groups is 1. The zero-order valence-electron chi connectivity index (χ0n) is 14.1. The molecular formula is C18H28N2O2. The van der Waals surface area contributed by atoms with Crippen LogP contribution in [0.25, 0.3) is 0 Å². The molecule has 4 nitrogen and oxygen atoms in total. The fraction of sp³-hybridized carbons (Fsp3) is 0.611. The summed E-state index contributed by atoms with van der Waals surface area (Å²) >= 11 is 0. The van der Waals surface area contributed by atoms with Crippen LogP contribution in [-0.4, -0.2) is 35.7 Å². The Hall–Kier alpha value is -1.55. The number of hydrogen-bond donors (Lipinski definition) is 1. The highest BCUT2D eigenvalue weighted by molar-refractivity contribution is 5.68. The van der Waals surface area contributed by atoms with Gasteiger partial charge in [0.2, 0.25) is 0 Å². The van der Waals surface area contributed by atoms with E-state index in [2.05, 4.69) is 41.4 Å². The number of ether oxygens (including phenoxy) is 1. The highest BCUT2D eigenvalue weighted by Crippen LogP contribution is 2.20. The number of likely N-dealkylation sites (tertiary alicyclic amines) is 1. The van der Waals surface area contributed by atoms with Crippen molar-refractivity contribution in [1.82, 2.24) is 10.2 Å². The largest absolute Gasteiger partial charge is 0.444 e. The number of carbonyl (C=O) groups excluding carboxylic acids is 1. The number of hydrogen-bond acceptors (Lipinski definition) is 3. The molecule has 2 atom stereocenters. The van der Waals surface area contributed by atoms with Gasteiger partial charge in [-0.2, -0.15) is 0 Å². The number of benzene rings is 1. The molecule has 1 aromatic rings. The molecule has 1 N–H and O–H groups in total. The van der Waals surface area contributed by atoms with Gasteiger partial charge in [0.15, 0.2) is 0 Å². The highest BCUT2D eigenvalue weighted by Gasteiger charge is 2.32. The van der Waals surface area contributed by atoms with Gasteiger partial charge in [0.05, 0.1) is 0 Å². The molecule has 1 amide bonds. The molecule has 0 aromatic heterocycles. The summed E-state index contributed by atoms with van der Waals surface area (Å²) in [5, 5.41) is 3.03. The van der Waals surface area contributed by atoms with Crippen LogP contribution in [0.1, 0.15) is 39.7 Å². The average Bonchev–Trinajstić information content (AvgIpc) is 2.79. The summed E-state index contributed by atoms with van der Waals surface area (Å²) in [6, 6.07) is 10.6. The van der Waals surface area contributed by atoms with E-state index in [4.69, 9.17) is 4.74 Å². The van der Waals surface area contributed by atoms with Crippen LogP contribution in [0.5, 0.6) is 0 Å². The van der Waals surface area contributed by atoms with Gasteiger partial charge in [-0.25, -0.2) is 4.79 Å². The summed E-state index contributed by atoms with van der Waals surface area (Å²) in [6.07, 6.45) is 0.506. The summed E-state index contributed by atoms with van der Waals surface area (Å²) in [5.74, 6) is 0.431. The molecular weight excluding hydrogens is 276 g/mol. The quantitative estimate of drug-likeness (QED) is 0.906. The summed E-state index contributed by atoms with van der Waals surface area (Å²) < 4.78 is 5.48. The van der Waals surface area contributed by atoms with Crippen molar-refractivity contribution in [3.8, 4) is 0 Å². The van der Waals surface area contributed by atoms with Crippen LogP contribution in [0, 0.1) is 5.92 Å². The predicted octanol–water partition coefficient (Wildman–Crippen LogP) is 3.42. The van der Waals surface area contributed by atoms with Crippen LogP contribution < -0.4 is 5.32 Å². The number of rotatable bonds is 5. The lowest BCUT2D eigenvalue weighted by molar-refractivity contribution is 0.0337. The molecule has 1 heterocycles. The van der Waals surface area contributed by atoms with E-state index in [1.807, 2.05) is 26.8 Å². The van der Waals surface area contributed by atoms with E-state index in [0.717, 1.165) is 26.1 Å². The van der Waals surface area contributed by atoms with Gasteiger partial charge in [-0.05, 0) is 31.7 Å². The van der Waals surface area contributed by atoms with E-state index < -0.39 is 5.60 Å². The minimum atomic E-state index is -0.407. The van der Waals surface area contributed by atoms with Gasteiger partial charge in [0, 0.05) is 25.7 Å². The lowest BCUT2D eigenvalue weighted by atomic mass is 10.1. The molecule has 0 spiro atoms. The van der Waals surface area contributed by atoms with Gasteiger partial charge in [-0.15, -0.1) is 0 Å². The van der Waals surface area contributed by atoms with Gasteiger partial charge in [-0.3, -0.25) is 4.90 Å². The molecule has 0 radical (unpaired) electrons. The first-order chi connectivity index (χ1) is 10.4. The number of nitrogens with zero attached hydrogens (tertiary/aromatic N) is 1. The van der Waals surface area contributed by atoms with E-state index in [9.17, 15) is 4.79 Å². The molecule has 1 aromatic carbocycles. The smallest absolute Gasteiger partial charge is 0.407 e. The van der Waals surface area contributed by atoms with Crippen LogP contribution >= 0.6 is 0 Å². The zero-order valence-corrected chi connectivity index (χ0v) is 14.1. The molecule has 2 rings (SSSR count). The predicted molar refractivity (Wildman–Crippen MR) is 88.7 cm³/mol. The molecule has 0 saturated carbocycles. The van der Waals surface area contributed by atoms with Crippen molar-refractivity contribution in [3.63, 3.8) is 0 Å². The fourth-order valence-electron chi connectivity index (χ4n) is 2.73. The normalized spacial score (nSPS) is 22.5. The van der Waals surface area contributed by atoms with E-state index >= 15 is 0 Å². The van der Waals surface area contributed by atoms with E-state index in [1.165, 1.54) is 5.56 Å². The molecule has 4 heteroatoms. The van der Waals surface area contributed by atoms with Gasteiger partial charge in [0.1, 0.15) is 5.60 Å². The molecule has 0 aliphatic carbocycles. The van der Waals surface area contributed by atoms with Gasteiger partial charge in [0.25, 0.3) is 0 Å². The summed E-state index contributed by atoms with van der Waals surface area (Å²) in [5.41, 5.74) is 0.903. The lowest BCUT2D eigenvalue weighted by Crippen LogP contribution is -2.43. The van der Waals surface area contributed by atoms with Crippen molar-refractivity contribution in [2.45, 2.75) is 52.3 Å². The van der Waals surface area contributed by atoms with Crippen LogP contribution in [0.2, 0.25) is 0 Å². The third kappa shape index (κ3) is 4.73. The Balaban J connectivity index is 1.85. The first-order valence-electron chi connectivity index (χ1n) is 8.15. The first-order valence-corrected chi connectivity index (χ1v) is 8.15. The Morgan fingerprint density at radius 2 is 2.00 bits per heavy atom. The first kappa shape index (κ1) is 16.8. The van der Waals surface area contributed by atoms with E-state index in [0.29, 0.717) is 5.92 Å². The Bertz CT molecular complexity index is 487. The summed E-state index contributed by atoms with van der Waals surface area (Å²) in [6.45, 7) is 10.9. The summed E-state index contributed by atoms with van der Waals surface area (Å²) in [4.78, 5) is 14.4. The second-order valence-electron chi connectivity index (χ2n) is 6.91. The fourth-order valence-corrected chi connectivity index (χ4v) is 2.73. The van der Waals surface area contributed by atoms with Crippen LogP contribution in [0.3, 0.4) is 0 Å². The van der Waals surface area contributed by atoms with Gasteiger partial charge >= 0.3 is 6.09 Å². The maximum absolute atomic E-state index is 12.0. The van der Waals surface area contributed by atoms with Crippen molar-refractivity contribution in [1.29, 1.82) is 0 Å². The number of nitrogens with one attached hydrogen (secondary N) is 1. The minimum Gasteiger partial charge on any atom is -0.444 e. The van der Waals surface area contributed by atoms with E-state index in [1.54, 1.807) is 0 Å². The molecule has 1 aliphatic heterocycles. The molecule has 0 bridgehead atoms. The monoisotopic (exact) mass is 304 g/mol. The maximum atomic E-state index is 12.0. The number of alkyl carbamates (subject to hydrolysis) is 1. The van der Waals surface area contributed by atoms with Gasteiger partial charge in [-0.1, -0.05) is 44.2 Å². The summed E-state index contributed by atoms with van der Waals surface area (Å²) in [7, 11) is 0. The molecule has 122 valence electrons. The lowest BCUT2D eigenvalue weighted by Gasteiger charge is -2.25. The molecule has 22 heavy (non-hydrogen) atoms. The van der Waals surface area contributed by atoms with Crippen molar-refractivity contribution in [2.24, 2.45) is 5.92 Å². The standard InChI is InChI=1S/C18H28N2O2/c1-5-18(3,4)22-17(21)19-16-13-20(11-14(16)2)12-15-9-7-6-8-10-15/h6-10,14,16H,5,11-13H2,1-4H3,(H,19,21). The topological polar surface area (TPSA) is 41.6 Å². The van der Waals surface area contributed by atoms with Crippen molar-refractivity contribution < 1.29 is 9.53 Å². The molecule has 2 unspecified atom stereocenters. The Morgan fingerprint density at radius 3 is 2.64 bits per heavy atom. The Labute approximate surface area is 133 Å². The SMILES string of the molecule is CCC(C)(C)OC(=O)NC1CN(Cc2ccccc2)CC1C. The Morgan fingerprint density at radius 1 is 1.32 bits per heavy atom. The van der Waals surface area contributed by atoms with Crippen molar-refractivity contribution in [2.75, 3.05) is 13.1 Å². The average molecular weight is 304 g/mol. The molecule has 1 fully saturated rings. The van der Waals surface area contributed by atoms with Gasteiger partial charge < -0.3 is 10.1 Å². The highest BCUT2D eigenvalue weighted by atomic mass is 16.6. The number of amides is 1. The third-order valence-corrected chi connectivity index (χ3v) is 4.46. The Kier molecular flexibility index (Phi) is 5.46. The molecule has 1 aliphatic rings. The van der Waals surface area contributed by atoms with E-state index in [-0.39, 0.29) is 12.1 Å².